The Morgan fingerprint density at radius 2 is 2.43 bits per heavy atom. The quantitative estimate of drug-likeness (QED) is 0.846. The first-order valence-electron chi connectivity index (χ1n) is 4.23. The second kappa shape index (κ2) is 4.13. The van der Waals surface area contributed by atoms with Gasteiger partial charge in [0.2, 0.25) is 0 Å². The monoisotopic (exact) mass is 227 g/mol. The van der Waals surface area contributed by atoms with Crippen LogP contribution in [0.4, 0.5) is 0 Å². The van der Waals surface area contributed by atoms with E-state index in [0.29, 0.717) is 0 Å². The maximum atomic E-state index is 5.88. The van der Waals surface area contributed by atoms with Crippen molar-refractivity contribution in [1.29, 1.82) is 0 Å². The van der Waals surface area contributed by atoms with Crippen LogP contribution in [0, 0.1) is 0 Å². The molecule has 0 saturated heterocycles. The van der Waals surface area contributed by atoms with Gasteiger partial charge in [0.05, 0.1) is 4.34 Å². The van der Waals surface area contributed by atoms with Crippen molar-refractivity contribution in [2.45, 2.75) is 6.04 Å². The molecule has 14 heavy (non-hydrogen) atoms. The Morgan fingerprint density at radius 3 is 2.93 bits per heavy atom. The van der Waals surface area contributed by atoms with Gasteiger partial charge < -0.3 is 10.3 Å². The van der Waals surface area contributed by atoms with Gasteiger partial charge in [-0.1, -0.05) is 11.6 Å². The molecular formula is C9H10ClN3S. The highest BCUT2D eigenvalue weighted by Crippen LogP contribution is 2.29. The summed E-state index contributed by atoms with van der Waals surface area (Å²) < 4.78 is 0.798. The second-order valence-corrected chi connectivity index (χ2v) is 4.58. The SMILES string of the molecule is CNC(c1ncc[nH]1)c1ccc(Cl)s1. The van der Waals surface area contributed by atoms with Gasteiger partial charge in [0.15, 0.2) is 0 Å². The first-order valence-corrected chi connectivity index (χ1v) is 5.42. The lowest BCUT2D eigenvalue weighted by Gasteiger charge is -2.10. The average Bonchev–Trinajstić information content (AvgIpc) is 2.79. The van der Waals surface area contributed by atoms with Crippen molar-refractivity contribution in [2.75, 3.05) is 7.05 Å². The van der Waals surface area contributed by atoms with Gasteiger partial charge in [-0.05, 0) is 19.2 Å². The number of H-pyrrole nitrogens is 1. The molecule has 0 spiro atoms. The molecule has 2 aromatic heterocycles. The van der Waals surface area contributed by atoms with E-state index in [2.05, 4.69) is 15.3 Å². The lowest BCUT2D eigenvalue weighted by atomic mass is 10.2. The Morgan fingerprint density at radius 1 is 1.57 bits per heavy atom. The summed E-state index contributed by atoms with van der Waals surface area (Å²) in [6.45, 7) is 0. The Labute approximate surface area is 91.1 Å². The number of hydrogen-bond donors (Lipinski definition) is 2. The minimum Gasteiger partial charge on any atom is -0.347 e. The number of imidazole rings is 1. The summed E-state index contributed by atoms with van der Waals surface area (Å²) in [6, 6.07) is 4.01. The third kappa shape index (κ3) is 1.82. The number of thiophene rings is 1. The predicted octanol–water partition coefficient (Wildman–Crippen LogP) is 2.43. The molecule has 2 heterocycles. The minimum atomic E-state index is 0.0995. The van der Waals surface area contributed by atoms with Crippen LogP contribution in [-0.2, 0) is 0 Å². The highest BCUT2D eigenvalue weighted by molar-refractivity contribution is 7.16. The third-order valence-corrected chi connectivity index (χ3v) is 3.26. The summed E-state index contributed by atoms with van der Waals surface area (Å²) in [5, 5.41) is 3.19. The molecule has 0 saturated carbocycles. The Kier molecular flexibility index (Phi) is 2.86. The standard InChI is InChI=1S/C9H10ClN3S/c1-11-8(9-12-4-5-13-9)6-2-3-7(10)14-6/h2-5,8,11H,1H3,(H,12,13). The largest absolute Gasteiger partial charge is 0.347 e. The predicted molar refractivity (Wildman–Crippen MR) is 58.8 cm³/mol. The molecule has 1 atom stereocenters. The molecule has 0 fully saturated rings. The van der Waals surface area contributed by atoms with Gasteiger partial charge in [0.1, 0.15) is 11.9 Å². The molecule has 5 heteroatoms. The van der Waals surface area contributed by atoms with E-state index in [1.54, 1.807) is 17.5 Å². The molecular weight excluding hydrogens is 218 g/mol. The van der Waals surface area contributed by atoms with E-state index in [9.17, 15) is 0 Å². The Hall–Kier alpha value is -0.840. The van der Waals surface area contributed by atoms with Crippen LogP contribution in [0.5, 0.6) is 0 Å². The van der Waals surface area contributed by atoms with E-state index < -0.39 is 0 Å². The number of aromatic amines is 1. The van der Waals surface area contributed by atoms with Gasteiger partial charge in [-0.15, -0.1) is 11.3 Å². The van der Waals surface area contributed by atoms with Crippen molar-refractivity contribution in [3.63, 3.8) is 0 Å². The van der Waals surface area contributed by atoms with Crippen LogP contribution < -0.4 is 5.32 Å². The molecule has 2 rings (SSSR count). The fraction of sp³-hybridized carbons (Fsp3) is 0.222. The van der Waals surface area contributed by atoms with E-state index in [-0.39, 0.29) is 6.04 Å². The summed E-state index contributed by atoms with van der Waals surface area (Å²) in [6.07, 6.45) is 3.56. The summed E-state index contributed by atoms with van der Waals surface area (Å²) in [5.41, 5.74) is 0. The number of hydrogen-bond acceptors (Lipinski definition) is 3. The molecule has 0 aliphatic rings. The summed E-state index contributed by atoms with van der Waals surface area (Å²) in [5.74, 6) is 0.908. The highest BCUT2D eigenvalue weighted by atomic mass is 35.5. The summed E-state index contributed by atoms with van der Waals surface area (Å²) in [7, 11) is 1.90. The molecule has 0 radical (unpaired) electrons. The molecule has 3 nitrogen and oxygen atoms in total. The number of halogens is 1. The smallest absolute Gasteiger partial charge is 0.128 e. The average molecular weight is 228 g/mol. The van der Waals surface area contributed by atoms with E-state index in [0.717, 1.165) is 15.0 Å². The van der Waals surface area contributed by atoms with E-state index in [1.807, 2.05) is 25.4 Å². The van der Waals surface area contributed by atoms with E-state index in [1.165, 1.54) is 0 Å². The van der Waals surface area contributed by atoms with Crippen LogP contribution in [-0.4, -0.2) is 17.0 Å². The zero-order chi connectivity index (χ0) is 9.97. The number of nitrogens with zero attached hydrogens (tertiary/aromatic N) is 1. The van der Waals surface area contributed by atoms with Crippen molar-refractivity contribution in [2.24, 2.45) is 0 Å². The van der Waals surface area contributed by atoms with Gasteiger partial charge in [-0.2, -0.15) is 0 Å². The molecule has 1 unspecified atom stereocenters. The maximum absolute atomic E-state index is 5.88. The highest BCUT2D eigenvalue weighted by Gasteiger charge is 2.15. The Bertz CT molecular complexity index is 396. The van der Waals surface area contributed by atoms with Crippen LogP contribution in [0.2, 0.25) is 4.34 Å². The normalized spacial score (nSPS) is 13.0. The van der Waals surface area contributed by atoms with E-state index >= 15 is 0 Å². The first-order chi connectivity index (χ1) is 6.81. The van der Waals surface area contributed by atoms with Gasteiger partial charge in [-0.25, -0.2) is 4.98 Å². The fourth-order valence-corrected chi connectivity index (χ4v) is 2.51. The molecule has 0 aromatic carbocycles. The fourth-order valence-electron chi connectivity index (χ4n) is 1.33. The van der Waals surface area contributed by atoms with Crippen molar-refractivity contribution in [1.82, 2.24) is 15.3 Å². The topological polar surface area (TPSA) is 40.7 Å². The zero-order valence-electron chi connectivity index (χ0n) is 7.62. The van der Waals surface area contributed by atoms with Crippen molar-refractivity contribution in [3.05, 3.63) is 39.6 Å². The van der Waals surface area contributed by atoms with E-state index in [4.69, 9.17) is 11.6 Å². The second-order valence-electron chi connectivity index (χ2n) is 2.84. The van der Waals surface area contributed by atoms with Gasteiger partial charge in [-0.3, -0.25) is 0 Å². The van der Waals surface area contributed by atoms with Crippen molar-refractivity contribution < 1.29 is 0 Å². The van der Waals surface area contributed by atoms with Crippen LogP contribution in [0.3, 0.4) is 0 Å². The van der Waals surface area contributed by atoms with Crippen molar-refractivity contribution in [3.8, 4) is 0 Å². The minimum absolute atomic E-state index is 0.0995. The first kappa shape index (κ1) is 9.71. The van der Waals surface area contributed by atoms with Gasteiger partial charge >= 0.3 is 0 Å². The zero-order valence-corrected chi connectivity index (χ0v) is 9.19. The number of aromatic nitrogens is 2. The Balaban J connectivity index is 2.31. The third-order valence-electron chi connectivity index (χ3n) is 1.96. The summed E-state index contributed by atoms with van der Waals surface area (Å²) in [4.78, 5) is 8.46. The maximum Gasteiger partial charge on any atom is 0.128 e. The molecule has 74 valence electrons. The molecule has 2 N–H and O–H groups in total. The number of nitrogens with one attached hydrogen (secondary N) is 2. The number of rotatable bonds is 3. The van der Waals surface area contributed by atoms with Crippen LogP contribution in [0.15, 0.2) is 24.5 Å². The lowest BCUT2D eigenvalue weighted by molar-refractivity contribution is 0.666. The molecule has 0 amide bonds. The summed E-state index contributed by atoms with van der Waals surface area (Å²) >= 11 is 7.44. The molecule has 2 aromatic rings. The van der Waals surface area contributed by atoms with Crippen LogP contribution >= 0.6 is 22.9 Å². The van der Waals surface area contributed by atoms with Crippen LogP contribution in [0.25, 0.3) is 0 Å². The van der Waals surface area contributed by atoms with Gasteiger partial charge in [0, 0.05) is 17.3 Å². The molecule has 0 aliphatic heterocycles. The van der Waals surface area contributed by atoms with Gasteiger partial charge in [0.25, 0.3) is 0 Å². The molecule has 0 aliphatic carbocycles. The lowest BCUT2D eigenvalue weighted by Crippen LogP contribution is -2.17. The molecule has 0 bridgehead atoms. The van der Waals surface area contributed by atoms with Crippen LogP contribution in [0.1, 0.15) is 16.7 Å². The van der Waals surface area contributed by atoms with Crippen molar-refractivity contribution >= 4 is 22.9 Å².